The van der Waals surface area contributed by atoms with Gasteiger partial charge < -0.3 is 20.3 Å². The van der Waals surface area contributed by atoms with Crippen molar-refractivity contribution in [1.29, 1.82) is 0 Å². The standard InChI is InChI=1S/C17H23NO3/c1-4-17-11(10(2)18-3)8-9-14(20)16(17)21-15-12(17)6-5-7-13(15)19/h5-11,14,16,18-20H,4H2,1-3H3/t10-,11+,14+,16+,17+/m1/s1. The molecule has 1 aromatic carbocycles. The number of fused-ring (bicyclic) bond motifs is 3. The van der Waals surface area contributed by atoms with E-state index in [1.807, 2.05) is 25.3 Å². The highest BCUT2D eigenvalue weighted by molar-refractivity contribution is 5.55. The number of ether oxygens (including phenoxy) is 1. The fraction of sp³-hybridized carbons (Fsp3) is 0.529. The van der Waals surface area contributed by atoms with Crippen molar-refractivity contribution in [1.82, 2.24) is 5.32 Å². The quantitative estimate of drug-likeness (QED) is 0.744. The molecule has 3 rings (SSSR count). The molecule has 0 aromatic heterocycles. The summed E-state index contributed by atoms with van der Waals surface area (Å²) in [6, 6.07) is 5.74. The fourth-order valence-corrected chi connectivity index (χ4v) is 4.07. The summed E-state index contributed by atoms with van der Waals surface area (Å²) in [5, 5.41) is 23.8. The monoisotopic (exact) mass is 289 g/mol. The number of hydrogen-bond donors (Lipinski definition) is 3. The van der Waals surface area contributed by atoms with Crippen molar-refractivity contribution in [2.75, 3.05) is 7.05 Å². The molecule has 0 saturated carbocycles. The van der Waals surface area contributed by atoms with Crippen LogP contribution in [-0.2, 0) is 5.41 Å². The van der Waals surface area contributed by atoms with Gasteiger partial charge >= 0.3 is 0 Å². The number of aromatic hydroxyl groups is 1. The number of para-hydroxylation sites is 1. The first-order valence-corrected chi connectivity index (χ1v) is 7.59. The predicted octanol–water partition coefficient (Wildman–Crippen LogP) is 1.96. The van der Waals surface area contributed by atoms with Crippen LogP contribution in [0.1, 0.15) is 25.8 Å². The van der Waals surface area contributed by atoms with Gasteiger partial charge in [-0.3, -0.25) is 0 Å². The largest absolute Gasteiger partial charge is 0.504 e. The maximum atomic E-state index is 10.4. The van der Waals surface area contributed by atoms with Gasteiger partial charge in [-0.1, -0.05) is 31.2 Å². The van der Waals surface area contributed by atoms with E-state index in [4.69, 9.17) is 4.74 Å². The minimum atomic E-state index is -0.656. The first-order chi connectivity index (χ1) is 10.1. The molecule has 2 aliphatic rings. The highest BCUT2D eigenvalue weighted by Gasteiger charge is 2.57. The number of aliphatic hydroxyl groups excluding tert-OH is 1. The molecular weight excluding hydrogens is 266 g/mol. The topological polar surface area (TPSA) is 61.7 Å². The average Bonchev–Trinajstić information content (AvgIpc) is 2.85. The van der Waals surface area contributed by atoms with Gasteiger partial charge in [0.2, 0.25) is 0 Å². The van der Waals surface area contributed by atoms with Gasteiger partial charge in [0, 0.05) is 22.9 Å². The summed E-state index contributed by atoms with van der Waals surface area (Å²) >= 11 is 0. The van der Waals surface area contributed by atoms with Gasteiger partial charge in [0.1, 0.15) is 12.2 Å². The van der Waals surface area contributed by atoms with E-state index in [1.54, 1.807) is 6.07 Å². The second-order valence-corrected chi connectivity index (χ2v) is 6.06. The Morgan fingerprint density at radius 3 is 2.81 bits per heavy atom. The third-order valence-electron chi connectivity index (χ3n) is 5.25. The smallest absolute Gasteiger partial charge is 0.165 e. The van der Waals surface area contributed by atoms with Crippen LogP contribution in [0.3, 0.4) is 0 Å². The zero-order valence-electron chi connectivity index (χ0n) is 12.7. The Bertz CT molecular complexity index is 571. The van der Waals surface area contributed by atoms with E-state index < -0.39 is 6.10 Å². The second-order valence-electron chi connectivity index (χ2n) is 6.06. The lowest BCUT2D eigenvalue weighted by atomic mass is 9.60. The van der Waals surface area contributed by atoms with Gasteiger partial charge in [-0.15, -0.1) is 0 Å². The normalized spacial score (nSPS) is 35.0. The molecule has 0 saturated heterocycles. The molecule has 0 spiro atoms. The molecule has 0 unspecified atom stereocenters. The molecule has 0 bridgehead atoms. The van der Waals surface area contributed by atoms with E-state index >= 15 is 0 Å². The molecule has 21 heavy (non-hydrogen) atoms. The molecule has 1 heterocycles. The predicted molar refractivity (Wildman–Crippen MR) is 81.7 cm³/mol. The van der Waals surface area contributed by atoms with Crippen molar-refractivity contribution in [3.8, 4) is 11.5 Å². The molecular formula is C17H23NO3. The molecule has 3 N–H and O–H groups in total. The number of hydrogen-bond acceptors (Lipinski definition) is 4. The van der Waals surface area contributed by atoms with E-state index in [0.717, 1.165) is 12.0 Å². The van der Waals surface area contributed by atoms with Gasteiger partial charge in [0.15, 0.2) is 11.5 Å². The van der Waals surface area contributed by atoms with Gasteiger partial charge in [0.25, 0.3) is 0 Å². The van der Waals surface area contributed by atoms with Gasteiger partial charge in [-0.05, 0) is 26.5 Å². The maximum absolute atomic E-state index is 10.4. The lowest BCUT2D eigenvalue weighted by Crippen LogP contribution is -2.56. The maximum Gasteiger partial charge on any atom is 0.165 e. The van der Waals surface area contributed by atoms with Crippen molar-refractivity contribution in [3.63, 3.8) is 0 Å². The summed E-state index contributed by atoms with van der Waals surface area (Å²) in [4.78, 5) is 0. The molecule has 0 radical (unpaired) electrons. The Hall–Kier alpha value is -1.52. The summed E-state index contributed by atoms with van der Waals surface area (Å²) in [7, 11) is 1.95. The van der Waals surface area contributed by atoms with E-state index in [1.165, 1.54) is 0 Å². The molecule has 1 aliphatic heterocycles. The summed E-state index contributed by atoms with van der Waals surface area (Å²) in [6.45, 7) is 4.26. The Kier molecular flexibility index (Phi) is 3.46. The molecule has 1 aromatic rings. The molecule has 4 heteroatoms. The number of nitrogens with one attached hydrogen (secondary N) is 1. The third kappa shape index (κ3) is 1.82. The van der Waals surface area contributed by atoms with Gasteiger partial charge in [-0.2, -0.15) is 0 Å². The zero-order valence-corrected chi connectivity index (χ0v) is 12.7. The number of rotatable bonds is 3. The molecule has 5 atom stereocenters. The van der Waals surface area contributed by atoms with Crippen LogP contribution in [0.25, 0.3) is 0 Å². The Morgan fingerprint density at radius 2 is 2.14 bits per heavy atom. The van der Waals surface area contributed by atoms with Gasteiger partial charge in [-0.25, -0.2) is 0 Å². The van der Waals surface area contributed by atoms with Crippen molar-refractivity contribution in [3.05, 3.63) is 35.9 Å². The Balaban J connectivity index is 2.21. The second kappa shape index (κ2) is 5.04. The van der Waals surface area contributed by atoms with Crippen LogP contribution in [0.15, 0.2) is 30.4 Å². The van der Waals surface area contributed by atoms with Crippen LogP contribution in [0.4, 0.5) is 0 Å². The van der Waals surface area contributed by atoms with E-state index in [0.29, 0.717) is 5.75 Å². The molecule has 0 fully saturated rings. The summed E-state index contributed by atoms with van der Waals surface area (Å²) < 4.78 is 5.99. The van der Waals surface area contributed by atoms with E-state index in [9.17, 15) is 10.2 Å². The van der Waals surface area contributed by atoms with Crippen molar-refractivity contribution < 1.29 is 14.9 Å². The van der Waals surface area contributed by atoms with Crippen LogP contribution in [0.2, 0.25) is 0 Å². The zero-order chi connectivity index (χ0) is 15.2. The first-order valence-electron chi connectivity index (χ1n) is 7.59. The average molecular weight is 289 g/mol. The van der Waals surface area contributed by atoms with Gasteiger partial charge in [0.05, 0.1) is 0 Å². The van der Waals surface area contributed by atoms with E-state index in [2.05, 4.69) is 25.2 Å². The lowest BCUT2D eigenvalue weighted by molar-refractivity contribution is -0.000673. The number of aliphatic hydroxyl groups is 1. The Labute approximate surface area is 125 Å². The first kappa shape index (κ1) is 14.4. The van der Waals surface area contributed by atoms with Crippen LogP contribution >= 0.6 is 0 Å². The Morgan fingerprint density at radius 1 is 1.38 bits per heavy atom. The molecule has 114 valence electrons. The molecule has 1 aliphatic carbocycles. The summed E-state index contributed by atoms with van der Waals surface area (Å²) in [5.74, 6) is 0.877. The minimum absolute atomic E-state index is 0.151. The number of benzene rings is 1. The van der Waals surface area contributed by atoms with Crippen LogP contribution in [-0.4, -0.2) is 35.5 Å². The van der Waals surface area contributed by atoms with Crippen molar-refractivity contribution in [2.45, 2.75) is 43.9 Å². The fourth-order valence-electron chi connectivity index (χ4n) is 4.07. The number of phenolic OH excluding ortho intramolecular Hbond substituents is 1. The molecule has 0 amide bonds. The van der Waals surface area contributed by atoms with Crippen LogP contribution < -0.4 is 10.1 Å². The van der Waals surface area contributed by atoms with Crippen LogP contribution in [0, 0.1) is 5.92 Å². The van der Waals surface area contributed by atoms with E-state index in [-0.39, 0.29) is 29.2 Å². The van der Waals surface area contributed by atoms with Crippen molar-refractivity contribution >= 4 is 0 Å². The van der Waals surface area contributed by atoms with Crippen molar-refractivity contribution in [2.24, 2.45) is 5.92 Å². The third-order valence-corrected chi connectivity index (χ3v) is 5.25. The summed E-state index contributed by atoms with van der Waals surface area (Å²) in [5.41, 5.74) is 0.690. The summed E-state index contributed by atoms with van der Waals surface area (Å²) in [6.07, 6.45) is 3.74. The lowest BCUT2D eigenvalue weighted by Gasteiger charge is -2.45. The highest BCUT2D eigenvalue weighted by atomic mass is 16.5. The van der Waals surface area contributed by atoms with Crippen LogP contribution in [0.5, 0.6) is 11.5 Å². The molecule has 4 nitrogen and oxygen atoms in total. The number of phenols is 1. The highest BCUT2D eigenvalue weighted by Crippen LogP contribution is 2.56. The minimum Gasteiger partial charge on any atom is -0.504 e. The SMILES string of the molecule is CC[C@]12c3cccc(O)c3O[C@H]1[C@@H](O)C=C[C@H]2[C@@H](C)NC.